The van der Waals surface area contributed by atoms with Gasteiger partial charge >= 0.3 is 6.03 Å². The third-order valence-corrected chi connectivity index (χ3v) is 5.45. The molecule has 0 aliphatic rings. The summed E-state index contributed by atoms with van der Waals surface area (Å²) in [6.07, 6.45) is 2.62. The second kappa shape index (κ2) is 9.53. The summed E-state index contributed by atoms with van der Waals surface area (Å²) in [5, 5.41) is 5.57. The number of benzene rings is 2. The first-order valence-electron chi connectivity index (χ1n) is 9.05. The molecule has 0 bridgehead atoms. The lowest BCUT2D eigenvalue weighted by atomic mass is 10.0. The van der Waals surface area contributed by atoms with Gasteiger partial charge in [0.2, 0.25) is 10.0 Å². The van der Waals surface area contributed by atoms with Crippen LogP contribution in [0.5, 0.6) is 0 Å². The van der Waals surface area contributed by atoms with Gasteiger partial charge in [0.1, 0.15) is 0 Å². The lowest BCUT2D eigenvalue weighted by molar-refractivity contribution is 0.262. The maximum atomic E-state index is 12.2. The topological polar surface area (TPSA) is 78.5 Å². The lowest BCUT2D eigenvalue weighted by Crippen LogP contribution is -2.34. The predicted octanol–water partition coefficient (Wildman–Crippen LogP) is 4.45. The van der Waals surface area contributed by atoms with Crippen LogP contribution in [-0.4, -0.2) is 31.6 Å². The Morgan fingerprint density at radius 2 is 1.63 bits per heavy atom. The molecule has 0 aliphatic carbocycles. The molecule has 0 aromatic heterocycles. The molecule has 0 fully saturated rings. The van der Waals surface area contributed by atoms with Crippen LogP contribution in [0.2, 0.25) is 0 Å². The Balaban J connectivity index is 2.18. The monoisotopic (exact) mass is 389 g/mol. The molecule has 2 amide bonds. The summed E-state index contributed by atoms with van der Waals surface area (Å²) >= 11 is 0. The van der Waals surface area contributed by atoms with E-state index in [0.29, 0.717) is 24.3 Å². The van der Waals surface area contributed by atoms with Crippen LogP contribution in [-0.2, 0) is 10.0 Å². The van der Waals surface area contributed by atoms with Crippen molar-refractivity contribution in [2.24, 2.45) is 0 Å². The fourth-order valence-electron chi connectivity index (χ4n) is 3.02. The van der Waals surface area contributed by atoms with E-state index in [-0.39, 0.29) is 12.1 Å². The predicted molar refractivity (Wildman–Crippen MR) is 110 cm³/mol. The van der Waals surface area contributed by atoms with Crippen molar-refractivity contribution in [3.05, 3.63) is 60.2 Å². The average molecular weight is 390 g/mol. The van der Waals surface area contributed by atoms with Crippen molar-refractivity contribution < 1.29 is 13.2 Å². The third kappa shape index (κ3) is 6.08. The molecule has 0 radical (unpaired) electrons. The summed E-state index contributed by atoms with van der Waals surface area (Å²) in [4.78, 5) is 12.2. The van der Waals surface area contributed by atoms with E-state index in [2.05, 4.69) is 10.6 Å². The van der Waals surface area contributed by atoms with Crippen LogP contribution in [0.4, 0.5) is 16.2 Å². The molecule has 146 valence electrons. The zero-order valence-corrected chi connectivity index (χ0v) is 16.8. The molecule has 6 nitrogen and oxygen atoms in total. The molecule has 0 spiro atoms. The molecule has 0 saturated carbocycles. The van der Waals surface area contributed by atoms with E-state index < -0.39 is 10.0 Å². The van der Waals surface area contributed by atoms with E-state index in [1.54, 1.807) is 18.2 Å². The largest absolute Gasteiger partial charge is 0.323 e. The number of para-hydroxylation sites is 1. The minimum absolute atomic E-state index is 0.265. The summed E-state index contributed by atoms with van der Waals surface area (Å²) < 4.78 is 25.9. The van der Waals surface area contributed by atoms with Crippen LogP contribution in [0, 0.1) is 0 Å². The molecule has 0 heterocycles. The van der Waals surface area contributed by atoms with E-state index in [1.165, 1.54) is 10.6 Å². The summed E-state index contributed by atoms with van der Waals surface area (Å²) in [6.45, 7) is 4.38. The molecular weight excluding hydrogens is 362 g/mol. The smallest absolute Gasteiger partial charge is 0.308 e. The second-order valence-electron chi connectivity index (χ2n) is 6.37. The number of anilines is 2. The number of hydrogen-bond donors (Lipinski definition) is 2. The van der Waals surface area contributed by atoms with E-state index >= 15 is 0 Å². The first-order chi connectivity index (χ1) is 12.8. The van der Waals surface area contributed by atoms with Crippen LogP contribution < -0.4 is 10.6 Å². The SMILES string of the molecule is CCCN(C(CC)c1cccc(NC(=O)Nc2ccccc2)c1)S(C)(=O)=O. The van der Waals surface area contributed by atoms with Gasteiger partial charge in [0.15, 0.2) is 0 Å². The van der Waals surface area contributed by atoms with Gasteiger partial charge in [-0.25, -0.2) is 13.2 Å². The van der Waals surface area contributed by atoms with Gasteiger partial charge in [-0.3, -0.25) is 0 Å². The zero-order chi connectivity index (χ0) is 19.9. The van der Waals surface area contributed by atoms with Crippen LogP contribution >= 0.6 is 0 Å². The summed E-state index contributed by atoms with van der Waals surface area (Å²) in [5.74, 6) is 0. The van der Waals surface area contributed by atoms with Crippen molar-refractivity contribution in [1.29, 1.82) is 0 Å². The number of carbonyl (C=O) groups is 1. The lowest BCUT2D eigenvalue weighted by Gasteiger charge is -2.29. The first-order valence-corrected chi connectivity index (χ1v) is 10.9. The molecule has 27 heavy (non-hydrogen) atoms. The molecule has 2 aromatic rings. The number of urea groups is 1. The van der Waals surface area contributed by atoms with Gasteiger partial charge in [-0.05, 0) is 42.7 Å². The number of carbonyl (C=O) groups excluding carboxylic acids is 1. The van der Waals surface area contributed by atoms with E-state index in [9.17, 15) is 13.2 Å². The van der Waals surface area contributed by atoms with Crippen LogP contribution in [0.25, 0.3) is 0 Å². The highest BCUT2D eigenvalue weighted by atomic mass is 32.2. The number of rotatable bonds is 8. The maximum absolute atomic E-state index is 12.2. The standard InChI is InChI=1S/C20H27N3O3S/c1-4-14-23(27(3,25)26)19(5-2)16-10-9-13-18(15-16)22-20(24)21-17-11-7-6-8-12-17/h6-13,15,19H,4-5,14H2,1-3H3,(H2,21,22,24). The number of nitrogens with one attached hydrogen (secondary N) is 2. The van der Waals surface area contributed by atoms with Gasteiger partial charge in [-0.15, -0.1) is 0 Å². The first kappa shape index (κ1) is 20.9. The third-order valence-electron chi connectivity index (χ3n) is 4.17. The second-order valence-corrected chi connectivity index (χ2v) is 8.30. The van der Waals surface area contributed by atoms with Gasteiger partial charge < -0.3 is 10.6 Å². The van der Waals surface area contributed by atoms with Crippen molar-refractivity contribution in [3.8, 4) is 0 Å². The van der Waals surface area contributed by atoms with Gasteiger partial charge in [0, 0.05) is 24.0 Å². The van der Waals surface area contributed by atoms with Crippen LogP contribution in [0.3, 0.4) is 0 Å². The number of sulfonamides is 1. The molecule has 2 rings (SSSR count). The Bertz CT molecular complexity index is 854. The molecule has 1 unspecified atom stereocenters. The Hall–Kier alpha value is -2.38. The summed E-state index contributed by atoms with van der Waals surface area (Å²) in [5.41, 5.74) is 2.17. The quantitative estimate of drug-likeness (QED) is 0.700. The Kier molecular flexibility index (Phi) is 7.38. The van der Waals surface area contributed by atoms with E-state index in [4.69, 9.17) is 0 Å². The minimum atomic E-state index is -3.33. The number of nitrogens with zero attached hydrogens (tertiary/aromatic N) is 1. The summed E-state index contributed by atoms with van der Waals surface area (Å²) in [6, 6.07) is 15.9. The molecular formula is C20H27N3O3S. The highest BCUT2D eigenvalue weighted by molar-refractivity contribution is 7.88. The number of hydrogen-bond acceptors (Lipinski definition) is 3. The molecule has 0 aliphatic heterocycles. The Morgan fingerprint density at radius 3 is 2.22 bits per heavy atom. The van der Waals surface area contributed by atoms with Crippen LogP contribution in [0.1, 0.15) is 38.3 Å². The van der Waals surface area contributed by atoms with Gasteiger partial charge in [-0.1, -0.05) is 44.2 Å². The molecule has 7 heteroatoms. The summed E-state index contributed by atoms with van der Waals surface area (Å²) in [7, 11) is -3.33. The van der Waals surface area contributed by atoms with Crippen molar-refractivity contribution in [3.63, 3.8) is 0 Å². The fraction of sp³-hybridized carbons (Fsp3) is 0.350. The highest BCUT2D eigenvalue weighted by Crippen LogP contribution is 2.28. The maximum Gasteiger partial charge on any atom is 0.323 e. The highest BCUT2D eigenvalue weighted by Gasteiger charge is 2.26. The van der Waals surface area contributed by atoms with Crippen molar-refractivity contribution in [2.45, 2.75) is 32.7 Å². The van der Waals surface area contributed by atoms with Gasteiger partial charge in [-0.2, -0.15) is 4.31 Å². The average Bonchev–Trinajstić information content (AvgIpc) is 2.62. The molecule has 1 atom stereocenters. The van der Waals surface area contributed by atoms with Crippen molar-refractivity contribution in [2.75, 3.05) is 23.4 Å². The molecule has 0 saturated heterocycles. The minimum Gasteiger partial charge on any atom is -0.308 e. The molecule has 2 N–H and O–H groups in total. The van der Waals surface area contributed by atoms with Gasteiger partial charge in [0.05, 0.1) is 6.26 Å². The fourth-order valence-corrected chi connectivity index (χ4v) is 4.26. The van der Waals surface area contributed by atoms with E-state index in [0.717, 1.165) is 12.0 Å². The Morgan fingerprint density at radius 1 is 1.00 bits per heavy atom. The molecule has 2 aromatic carbocycles. The Labute approximate surface area is 161 Å². The van der Waals surface area contributed by atoms with Gasteiger partial charge in [0.25, 0.3) is 0 Å². The van der Waals surface area contributed by atoms with Crippen LogP contribution in [0.15, 0.2) is 54.6 Å². The number of amides is 2. The zero-order valence-electron chi connectivity index (χ0n) is 16.0. The van der Waals surface area contributed by atoms with Crippen molar-refractivity contribution >= 4 is 27.4 Å². The van der Waals surface area contributed by atoms with E-state index in [1.807, 2.05) is 50.2 Å². The van der Waals surface area contributed by atoms with Crippen molar-refractivity contribution in [1.82, 2.24) is 4.31 Å². The normalized spacial score (nSPS) is 12.6.